The lowest BCUT2D eigenvalue weighted by atomic mass is 9.80. The van der Waals surface area contributed by atoms with Gasteiger partial charge in [0.1, 0.15) is 5.60 Å². The molecule has 1 spiro atoms. The van der Waals surface area contributed by atoms with Crippen molar-refractivity contribution in [3.63, 3.8) is 0 Å². The van der Waals surface area contributed by atoms with Gasteiger partial charge in [0.2, 0.25) is 0 Å². The Bertz CT molecular complexity index is 370. The minimum Gasteiger partial charge on any atom is -0.465 e. The fourth-order valence-electron chi connectivity index (χ4n) is 3.64. The van der Waals surface area contributed by atoms with Gasteiger partial charge in [0.25, 0.3) is 0 Å². The zero-order chi connectivity index (χ0) is 12.1. The van der Waals surface area contributed by atoms with Crippen molar-refractivity contribution in [2.24, 2.45) is 11.3 Å². The van der Waals surface area contributed by atoms with Gasteiger partial charge in [-0.3, -0.25) is 9.59 Å². The Labute approximate surface area is 101 Å². The minimum absolute atomic E-state index is 0.0850. The molecule has 0 aromatic heterocycles. The van der Waals surface area contributed by atoms with E-state index in [1.165, 1.54) is 6.42 Å². The van der Waals surface area contributed by atoms with E-state index in [0.717, 1.165) is 25.7 Å². The first-order chi connectivity index (χ1) is 8.16. The summed E-state index contributed by atoms with van der Waals surface area (Å²) in [6.07, 6.45) is 5.89. The third kappa shape index (κ3) is 1.30. The lowest BCUT2D eigenvalue weighted by Gasteiger charge is -2.33. The maximum atomic E-state index is 12.0. The van der Waals surface area contributed by atoms with E-state index in [-0.39, 0.29) is 23.5 Å². The quantitative estimate of drug-likeness (QED) is 0.544. The van der Waals surface area contributed by atoms with E-state index in [1.807, 2.05) is 0 Å². The molecule has 3 fully saturated rings. The maximum Gasteiger partial charge on any atom is 0.324 e. The molecule has 1 aliphatic heterocycles. The van der Waals surface area contributed by atoms with Gasteiger partial charge in [-0.1, -0.05) is 6.42 Å². The van der Waals surface area contributed by atoms with Gasteiger partial charge in [0, 0.05) is 5.92 Å². The molecule has 0 N–H and O–H groups in total. The topological polar surface area (TPSA) is 52.6 Å². The third-order valence-electron chi connectivity index (χ3n) is 4.60. The second-order valence-electron chi connectivity index (χ2n) is 5.46. The number of fused-ring (bicyclic) bond motifs is 2. The fraction of sp³-hybridized carbons (Fsp3) is 0.846. The predicted molar refractivity (Wildman–Crippen MR) is 59.1 cm³/mol. The van der Waals surface area contributed by atoms with Gasteiger partial charge in [-0.05, 0) is 39.0 Å². The van der Waals surface area contributed by atoms with Crippen molar-refractivity contribution < 1.29 is 19.1 Å². The molecule has 2 saturated carbocycles. The number of esters is 2. The van der Waals surface area contributed by atoms with Gasteiger partial charge in [0.05, 0.1) is 6.61 Å². The normalized spacial score (nSPS) is 37.5. The van der Waals surface area contributed by atoms with Crippen molar-refractivity contribution >= 4 is 11.9 Å². The van der Waals surface area contributed by atoms with Crippen LogP contribution in [0.15, 0.2) is 0 Å². The molecule has 2 aliphatic carbocycles. The Balaban J connectivity index is 1.84. The van der Waals surface area contributed by atoms with Crippen molar-refractivity contribution in [3.05, 3.63) is 0 Å². The van der Waals surface area contributed by atoms with Gasteiger partial charge < -0.3 is 9.47 Å². The molecule has 4 heteroatoms. The van der Waals surface area contributed by atoms with E-state index in [1.54, 1.807) is 6.92 Å². The molecule has 0 aromatic carbocycles. The van der Waals surface area contributed by atoms with Crippen LogP contribution in [0.2, 0.25) is 0 Å². The van der Waals surface area contributed by atoms with Crippen LogP contribution < -0.4 is 0 Å². The zero-order valence-corrected chi connectivity index (χ0v) is 10.2. The number of hydrogen-bond acceptors (Lipinski definition) is 4. The van der Waals surface area contributed by atoms with E-state index < -0.39 is 5.41 Å². The number of hydrogen-bond donors (Lipinski definition) is 0. The SMILES string of the molecule is CCOC(=O)[C@@]12C[C@@H]1C1(CCCCC1)OC2=O. The maximum absolute atomic E-state index is 12.0. The summed E-state index contributed by atoms with van der Waals surface area (Å²) in [5, 5.41) is 0. The molecular weight excluding hydrogens is 220 g/mol. The molecule has 4 nitrogen and oxygen atoms in total. The van der Waals surface area contributed by atoms with Crippen LogP contribution in [0.4, 0.5) is 0 Å². The summed E-state index contributed by atoms with van der Waals surface area (Å²) >= 11 is 0. The van der Waals surface area contributed by atoms with E-state index in [9.17, 15) is 9.59 Å². The summed E-state index contributed by atoms with van der Waals surface area (Å²) in [6, 6.07) is 0. The molecule has 0 aromatic rings. The molecule has 0 radical (unpaired) electrons. The van der Waals surface area contributed by atoms with Crippen LogP contribution in [0.1, 0.15) is 45.4 Å². The summed E-state index contributed by atoms with van der Waals surface area (Å²) in [6.45, 7) is 2.09. The zero-order valence-electron chi connectivity index (χ0n) is 10.2. The molecular formula is C13H18O4. The second-order valence-corrected chi connectivity index (χ2v) is 5.46. The molecule has 3 rings (SSSR count). The second kappa shape index (κ2) is 3.47. The van der Waals surface area contributed by atoms with Crippen molar-refractivity contribution in [3.8, 4) is 0 Å². The number of rotatable bonds is 2. The van der Waals surface area contributed by atoms with Crippen molar-refractivity contribution in [2.45, 2.75) is 51.0 Å². The number of carbonyl (C=O) groups is 2. The van der Waals surface area contributed by atoms with Gasteiger partial charge in [-0.15, -0.1) is 0 Å². The van der Waals surface area contributed by atoms with Crippen molar-refractivity contribution in [2.75, 3.05) is 6.61 Å². The lowest BCUT2D eigenvalue weighted by molar-refractivity contribution is -0.165. The first-order valence-corrected chi connectivity index (χ1v) is 6.56. The Kier molecular flexibility index (Phi) is 2.25. The Morgan fingerprint density at radius 3 is 2.71 bits per heavy atom. The summed E-state index contributed by atoms with van der Waals surface area (Å²) < 4.78 is 10.6. The van der Waals surface area contributed by atoms with Crippen LogP contribution >= 0.6 is 0 Å². The van der Waals surface area contributed by atoms with Gasteiger partial charge in [0.15, 0.2) is 5.41 Å². The molecule has 1 heterocycles. The summed E-state index contributed by atoms with van der Waals surface area (Å²) in [7, 11) is 0. The molecule has 3 aliphatic rings. The lowest BCUT2D eigenvalue weighted by Crippen LogP contribution is -2.35. The highest BCUT2D eigenvalue weighted by molar-refractivity contribution is 6.06. The number of ether oxygens (including phenoxy) is 2. The molecule has 1 saturated heterocycles. The van der Waals surface area contributed by atoms with Gasteiger partial charge in [-0.2, -0.15) is 0 Å². The van der Waals surface area contributed by atoms with Crippen LogP contribution in [0, 0.1) is 11.3 Å². The average Bonchev–Trinajstić information content (AvgIpc) is 3.03. The van der Waals surface area contributed by atoms with E-state index in [2.05, 4.69) is 0 Å². The van der Waals surface area contributed by atoms with Gasteiger partial charge in [-0.25, -0.2) is 0 Å². The van der Waals surface area contributed by atoms with Crippen LogP contribution in [-0.4, -0.2) is 24.1 Å². The molecule has 17 heavy (non-hydrogen) atoms. The van der Waals surface area contributed by atoms with E-state index >= 15 is 0 Å². The smallest absolute Gasteiger partial charge is 0.324 e. The summed E-state index contributed by atoms with van der Waals surface area (Å²) in [5.74, 6) is -0.609. The molecule has 0 bridgehead atoms. The first kappa shape index (κ1) is 11.1. The molecule has 0 unspecified atom stereocenters. The van der Waals surface area contributed by atoms with Crippen LogP contribution in [0.5, 0.6) is 0 Å². The highest BCUT2D eigenvalue weighted by Gasteiger charge is 2.80. The van der Waals surface area contributed by atoms with Crippen LogP contribution in [0.25, 0.3) is 0 Å². The first-order valence-electron chi connectivity index (χ1n) is 6.56. The fourth-order valence-corrected chi connectivity index (χ4v) is 3.64. The number of carbonyl (C=O) groups excluding carboxylic acids is 2. The summed E-state index contributed by atoms with van der Waals surface area (Å²) in [5.41, 5.74) is -1.25. The molecule has 94 valence electrons. The largest absolute Gasteiger partial charge is 0.465 e. The Hall–Kier alpha value is -1.06. The van der Waals surface area contributed by atoms with E-state index in [4.69, 9.17) is 9.47 Å². The summed E-state index contributed by atoms with van der Waals surface area (Å²) in [4.78, 5) is 23.9. The van der Waals surface area contributed by atoms with Crippen molar-refractivity contribution in [1.29, 1.82) is 0 Å². The predicted octanol–water partition coefficient (Wildman–Crippen LogP) is 1.82. The van der Waals surface area contributed by atoms with Crippen LogP contribution in [0.3, 0.4) is 0 Å². The molecule has 0 amide bonds. The van der Waals surface area contributed by atoms with Crippen molar-refractivity contribution in [1.82, 2.24) is 0 Å². The Morgan fingerprint density at radius 2 is 2.12 bits per heavy atom. The molecule has 2 atom stereocenters. The third-order valence-corrected chi connectivity index (χ3v) is 4.60. The highest BCUT2D eigenvalue weighted by Crippen LogP contribution is 2.68. The average molecular weight is 238 g/mol. The Morgan fingerprint density at radius 1 is 1.41 bits per heavy atom. The van der Waals surface area contributed by atoms with Gasteiger partial charge >= 0.3 is 11.9 Å². The highest BCUT2D eigenvalue weighted by atomic mass is 16.6. The van der Waals surface area contributed by atoms with Crippen LogP contribution in [-0.2, 0) is 19.1 Å². The van der Waals surface area contributed by atoms with E-state index in [0.29, 0.717) is 13.0 Å². The monoisotopic (exact) mass is 238 g/mol. The standard InChI is InChI=1S/C13H18O4/c1-2-16-10(14)13-8-9(13)12(17-11(13)15)6-4-3-5-7-12/h9H,2-8H2,1H3/t9-,13-/m1/s1. The minimum atomic E-state index is -0.923.